The van der Waals surface area contributed by atoms with Gasteiger partial charge in [-0.05, 0) is 36.8 Å². The van der Waals surface area contributed by atoms with Gasteiger partial charge in [-0.25, -0.2) is 0 Å². The number of fused-ring (bicyclic) bond motifs is 1. The first-order valence-electron chi connectivity index (χ1n) is 6.15. The first-order chi connectivity index (χ1) is 9.56. The van der Waals surface area contributed by atoms with Crippen LogP contribution in [-0.2, 0) is 0 Å². The number of para-hydroxylation sites is 1. The van der Waals surface area contributed by atoms with Crippen LogP contribution in [0.15, 0.2) is 46.9 Å². The summed E-state index contributed by atoms with van der Waals surface area (Å²) in [5.41, 5.74) is 8.29. The van der Waals surface area contributed by atoms with Gasteiger partial charge in [0.1, 0.15) is 5.58 Å². The Hall–Kier alpha value is -2.26. The molecule has 1 aromatic heterocycles. The minimum absolute atomic E-state index is 0.241. The molecule has 0 atom stereocenters. The third-order valence-electron chi connectivity index (χ3n) is 3.22. The number of nitrogens with two attached hydrogens (primary N) is 1. The SMILES string of the molecule is Cc1cccc2cc(C(=O)c3ccc(Cl)cc3N)oc12. The van der Waals surface area contributed by atoms with E-state index in [2.05, 4.69) is 0 Å². The van der Waals surface area contributed by atoms with Crippen molar-refractivity contribution in [2.45, 2.75) is 6.92 Å². The van der Waals surface area contributed by atoms with Crippen molar-refractivity contribution in [2.24, 2.45) is 0 Å². The van der Waals surface area contributed by atoms with Crippen molar-refractivity contribution in [1.82, 2.24) is 0 Å². The van der Waals surface area contributed by atoms with Crippen molar-refractivity contribution in [1.29, 1.82) is 0 Å². The fourth-order valence-corrected chi connectivity index (χ4v) is 2.37. The molecule has 0 fully saturated rings. The van der Waals surface area contributed by atoms with E-state index in [1.54, 1.807) is 24.3 Å². The number of carbonyl (C=O) groups is 1. The van der Waals surface area contributed by atoms with E-state index in [9.17, 15) is 4.79 Å². The van der Waals surface area contributed by atoms with Gasteiger partial charge < -0.3 is 10.2 Å². The van der Waals surface area contributed by atoms with Crippen molar-refractivity contribution in [3.8, 4) is 0 Å². The molecule has 0 unspecified atom stereocenters. The first-order valence-corrected chi connectivity index (χ1v) is 6.53. The van der Waals surface area contributed by atoms with Gasteiger partial charge in [0.25, 0.3) is 0 Å². The Morgan fingerprint density at radius 3 is 2.70 bits per heavy atom. The molecule has 0 radical (unpaired) electrons. The normalized spacial score (nSPS) is 10.9. The second-order valence-corrected chi connectivity index (χ2v) is 5.10. The minimum Gasteiger partial charge on any atom is -0.452 e. The Bertz CT molecular complexity index is 820. The summed E-state index contributed by atoms with van der Waals surface area (Å²) < 4.78 is 5.66. The minimum atomic E-state index is -0.241. The van der Waals surface area contributed by atoms with Crippen molar-refractivity contribution in [3.63, 3.8) is 0 Å². The van der Waals surface area contributed by atoms with Gasteiger partial charge in [-0.2, -0.15) is 0 Å². The Morgan fingerprint density at radius 2 is 2.00 bits per heavy atom. The molecule has 0 saturated carbocycles. The molecule has 20 heavy (non-hydrogen) atoms. The van der Waals surface area contributed by atoms with Gasteiger partial charge in [0.05, 0.1) is 0 Å². The average molecular weight is 286 g/mol. The highest BCUT2D eigenvalue weighted by Crippen LogP contribution is 2.26. The van der Waals surface area contributed by atoms with E-state index in [0.717, 1.165) is 16.5 Å². The molecular weight excluding hydrogens is 274 g/mol. The summed E-state index contributed by atoms with van der Waals surface area (Å²) >= 11 is 5.84. The van der Waals surface area contributed by atoms with Gasteiger partial charge in [0, 0.05) is 21.7 Å². The van der Waals surface area contributed by atoms with Gasteiger partial charge in [-0.15, -0.1) is 0 Å². The largest absolute Gasteiger partial charge is 0.452 e. The van der Waals surface area contributed by atoms with E-state index in [1.165, 1.54) is 0 Å². The average Bonchev–Trinajstić information content (AvgIpc) is 2.83. The van der Waals surface area contributed by atoms with E-state index < -0.39 is 0 Å². The number of benzene rings is 2. The number of aryl methyl sites for hydroxylation is 1. The molecule has 3 aromatic rings. The Morgan fingerprint density at radius 1 is 1.20 bits per heavy atom. The van der Waals surface area contributed by atoms with Crippen LogP contribution in [0.25, 0.3) is 11.0 Å². The zero-order valence-electron chi connectivity index (χ0n) is 10.8. The maximum Gasteiger partial charge on any atom is 0.230 e. The highest BCUT2D eigenvalue weighted by atomic mass is 35.5. The molecule has 2 N–H and O–H groups in total. The Balaban J connectivity index is 2.10. The quantitative estimate of drug-likeness (QED) is 0.567. The zero-order chi connectivity index (χ0) is 14.3. The summed E-state index contributed by atoms with van der Waals surface area (Å²) in [5.74, 6) is 0.0399. The van der Waals surface area contributed by atoms with E-state index >= 15 is 0 Å². The van der Waals surface area contributed by atoms with Gasteiger partial charge in [-0.3, -0.25) is 4.79 Å². The number of ketones is 1. The van der Waals surface area contributed by atoms with Crippen LogP contribution >= 0.6 is 11.6 Å². The molecule has 3 nitrogen and oxygen atoms in total. The van der Waals surface area contributed by atoms with Crippen LogP contribution in [0.3, 0.4) is 0 Å². The maximum atomic E-state index is 12.4. The standard InChI is InChI=1S/C16H12ClNO2/c1-9-3-2-4-10-7-14(20-16(9)10)15(19)12-6-5-11(17)8-13(12)18/h2-8H,18H2,1H3. The molecule has 100 valence electrons. The second-order valence-electron chi connectivity index (χ2n) is 4.66. The van der Waals surface area contributed by atoms with Crippen LogP contribution in [0.1, 0.15) is 21.7 Å². The maximum absolute atomic E-state index is 12.4. The number of carbonyl (C=O) groups excluding carboxylic acids is 1. The molecule has 0 saturated heterocycles. The summed E-state index contributed by atoms with van der Waals surface area (Å²) in [4.78, 5) is 12.4. The molecule has 0 aliphatic carbocycles. The molecule has 0 aliphatic heterocycles. The lowest BCUT2D eigenvalue weighted by atomic mass is 10.1. The first kappa shape index (κ1) is 12.8. The summed E-state index contributed by atoms with van der Waals surface area (Å²) in [6, 6.07) is 12.3. The second kappa shape index (κ2) is 4.69. The number of nitrogen functional groups attached to an aromatic ring is 1. The van der Waals surface area contributed by atoms with Crippen molar-refractivity contribution in [3.05, 3.63) is 64.4 Å². The van der Waals surface area contributed by atoms with Crippen LogP contribution in [-0.4, -0.2) is 5.78 Å². The van der Waals surface area contributed by atoms with Gasteiger partial charge in [0.15, 0.2) is 5.76 Å². The van der Waals surface area contributed by atoms with Gasteiger partial charge in [-0.1, -0.05) is 29.8 Å². The molecule has 4 heteroatoms. The van der Waals surface area contributed by atoms with Crippen LogP contribution < -0.4 is 5.73 Å². The lowest BCUT2D eigenvalue weighted by Crippen LogP contribution is -2.04. The monoisotopic (exact) mass is 285 g/mol. The third kappa shape index (κ3) is 2.06. The fraction of sp³-hybridized carbons (Fsp3) is 0.0625. The van der Waals surface area contributed by atoms with Crippen molar-refractivity contribution >= 4 is 34.0 Å². The van der Waals surface area contributed by atoms with E-state index in [0.29, 0.717) is 16.3 Å². The van der Waals surface area contributed by atoms with E-state index in [1.807, 2.05) is 25.1 Å². The van der Waals surface area contributed by atoms with Gasteiger partial charge in [0.2, 0.25) is 5.78 Å². The summed E-state index contributed by atoms with van der Waals surface area (Å²) in [6.45, 7) is 1.94. The number of halogens is 1. The topological polar surface area (TPSA) is 56.2 Å². The molecule has 0 bridgehead atoms. The van der Waals surface area contributed by atoms with Crippen LogP contribution in [0.4, 0.5) is 5.69 Å². The molecule has 0 spiro atoms. The third-order valence-corrected chi connectivity index (χ3v) is 3.46. The lowest BCUT2D eigenvalue weighted by molar-refractivity contribution is 0.101. The number of hydrogen-bond donors (Lipinski definition) is 1. The molecule has 0 aliphatic rings. The van der Waals surface area contributed by atoms with Crippen LogP contribution in [0, 0.1) is 6.92 Å². The smallest absolute Gasteiger partial charge is 0.230 e. The molecule has 0 amide bonds. The van der Waals surface area contributed by atoms with Crippen LogP contribution in [0.5, 0.6) is 0 Å². The number of hydrogen-bond acceptors (Lipinski definition) is 3. The molecule has 1 heterocycles. The van der Waals surface area contributed by atoms with E-state index in [4.69, 9.17) is 21.8 Å². The number of anilines is 1. The molecular formula is C16H12ClNO2. The van der Waals surface area contributed by atoms with Gasteiger partial charge >= 0.3 is 0 Å². The predicted octanol–water partition coefficient (Wildman–Crippen LogP) is 4.21. The molecule has 2 aromatic carbocycles. The lowest BCUT2D eigenvalue weighted by Gasteiger charge is -2.02. The number of furan rings is 1. The highest BCUT2D eigenvalue weighted by molar-refractivity contribution is 6.31. The molecule has 3 rings (SSSR count). The Labute approximate surface area is 120 Å². The fourth-order valence-electron chi connectivity index (χ4n) is 2.19. The highest BCUT2D eigenvalue weighted by Gasteiger charge is 2.17. The van der Waals surface area contributed by atoms with E-state index in [-0.39, 0.29) is 11.5 Å². The van der Waals surface area contributed by atoms with Crippen molar-refractivity contribution < 1.29 is 9.21 Å². The Kier molecular flexibility index (Phi) is 2.99. The summed E-state index contributed by atoms with van der Waals surface area (Å²) in [6.07, 6.45) is 0. The summed E-state index contributed by atoms with van der Waals surface area (Å²) in [7, 11) is 0. The predicted molar refractivity (Wildman–Crippen MR) is 80.2 cm³/mol. The summed E-state index contributed by atoms with van der Waals surface area (Å²) in [5, 5.41) is 1.40. The van der Waals surface area contributed by atoms with Crippen molar-refractivity contribution in [2.75, 3.05) is 5.73 Å². The van der Waals surface area contributed by atoms with Crippen LogP contribution in [0.2, 0.25) is 5.02 Å². The number of rotatable bonds is 2. The zero-order valence-corrected chi connectivity index (χ0v) is 11.6.